The van der Waals surface area contributed by atoms with Crippen LogP contribution in [-0.4, -0.2) is 23.4 Å². The Bertz CT molecular complexity index is 303. The van der Waals surface area contributed by atoms with Crippen molar-refractivity contribution < 1.29 is 0 Å². The summed E-state index contributed by atoms with van der Waals surface area (Å²) in [5, 5.41) is 11.1. The Morgan fingerprint density at radius 3 is 3.23 bits per heavy atom. The molecule has 1 aromatic rings. The molecule has 4 nitrogen and oxygen atoms in total. The molecule has 0 amide bonds. The molecule has 1 aliphatic rings. The monoisotopic (exact) mass is 180 g/mol. The van der Waals surface area contributed by atoms with E-state index in [1.54, 1.807) is 0 Å². The Kier molecular flexibility index (Phi) is 2.33. The average Bonchev–Trinajstić information content (AvgIpc) is 2.44. The number of nitrogens with zero attached hydrogens (tertiary/aromatic N) is 2. The van der Waals surface area contributed by atoms with E-state index in [1.807, 2.05) is 18.8 Å². The molecular formula is C9H16N4. The topological polar surface area (TPSA) is 41.9 Å². The fourth-order valence-electron chi connectivity index (χ4n) is 1.88. The second-order valence-corrected chi connectivity index (χ2v) is 3.45. The van der Waals surface area contributed by atoms with Crippen molar-refractivity contribution in [3.8, 4) is 0 Å². The number of hydrogen-bond donors (Lipinski definition) is 2. The van der Waals surface area contributed by atoms with E-state index in [9.17, 15) is 0 Å². The van der Waals surface area contributed by atoms with Crippen LogP contribution in [0.25, 0.3) is 0 Å². The summed E-state index contributed by atoms with van der Waals surface area (Å²) in [5.74, 6) is 0. The minimum atomic E-state index is 0.903. The molecule has 13 heavy (non-hydrogen) atoms. The van der Waals surface area contributed by atoms with E-state index in [0.29, 0.717) is 0 Å². The van der Waals surface area contributed by atoms with Gasteiger partial charge in [-0.05, 0) is 7.05 Å². The van der Waals surface area contributed by atoms with Gasteiger partial charge in [-0.2, -0.15) is 5.10 Å². The van der Waals surface area contributed by atoms with Gasteiger partial charge in [0.1, 0.15) is 0 Å². The molecule has 72 valence electrons. The van der Waals surface area contributed by atoms with Crippen molar-refractivity contribution in [3.05, 3.63) is 17.0 Å². The van der Waals surface area contributed by atoms with Crippen molar-refractivity contribution in [2.24, 2.45) is 7.05 Å². The predicted molar refractivity (Wildman–Crippen MR) is 51.4 cm³/mol. The molecule has 0 unspecified atom stereocenters. The summed E-state index contributed by atoms with van der Waals surface area (Å²) in [5.41, 5.74) is 3.97. The summed E-state index contributed by atoms with van der Waals surface area (Å²) in [6.45, 7) is 2.93. The summed E-state index contributed by atoms with van der Waals surface area (Å²) in [7, 11) is 3.99. The highest BCUT2D eigenvalue weighted by atomic mass is 15.3. The highest BCUT2D eigenvalue weighted by Gasteiger charge is 2.17. The van der Waals surface area contributed by atoms with Crippen LogP contribution in [0.15, 0.2) is 0 Å². The van der Waals surface area contributed by atoms with E-state index in [1.165, 1.54) is 17.0 Å². The van der Waals surface area contributed by atoms with Crippen molar-refractivity contribution in [2.45, 2.75) is 19.5 Å². The second kappa shape index (κ2) is 3.47. The van der Waals surface area contributed by atoms with Crippen molar-refractivity contribution in [3.63, 3.8) is 0 Å². The number of fused-ring (bicyclic) bond motifs is 1. The van der Waals surface area contributed by atoms with Gasteiger partial charge in [-0.15, -0.1) is 0 Å². The Balaban J connectivity index is 2.36. The van der Waals surface area contributed by atoms with Crippen LogP contribution in [0.5, 0.6) is 0 Å². The number of rotatable bonds is 2. The predicted octanol–water partition coefficient (Wildman–Crippen LogP) is -0.215. The van der Waals surface area contributed by atoms with Crippen LogP contribution in [0.2, 0.25) is 0 Å². The maximum absolute atomic E-state index is 4.51. The normalized spacial score (nSPS) is 15.8. The summed E-state index contributed by atoms with van der Waals surface area (Å²) < 4.78 is 1.99. The van der Waals surface area contributed by atoms with E-state index in [0.717, 1.165) is 26.1 Å². The third kappa shape index (κ3) is 1.47. The number of hydrogen-bond acceptors (Lipinski definition) is 3. The minimum absolute atomic E-state index is 0.903. The van der Waals surface area contributed by atoms with Crippen LogP contribution in [0.1, 0.15) is 17.0 Å². The molecule has 0 fully saturated rings. The van der Waals surface area contributed by atoms with Crippen molar-refractivity contribution in [1.29, 1.82) is 0 Å². The number of nitrogens with one attached hydrogen (secondary N) is 2. The zero-order chi connectivity index (χ0) is 9.26. The minimum Gasteiger partial charge on any atom is -0.314 e. The van der Waals surface area contributed by atoms with E-state index < -0.39 is 0 Å². The van der Waals surface area contributed by atoms with E-state index in [-0.39, 0.29) is 0 Å². The average molecular weight is 180 g/mol. The van der Waals surface area contributed by atoms with Crippen LogP contribution in [0.4, 0.5) is 0 Å². The molecule has 2 N–H and O–H groups in total. The van der Waals surface area contributed by atoms with Crippen molar-refractivity contribution in [1.82, 2.24) is 20.4 Å². The van der Waals surface area contributed by atoms with Crippen molar-refractivity contribution >= 4 is 0 Å². The fourth-order valence-corrected chi connectivity index (χ4v) is 1.88. The third-order valence-electron chi connectivity index (χ3n) is 2.54. The molecule has 1 aliphatic heterocycles. The summed E-state index contributed by atoms with van der Waals surface area (Å²) in [6, 6.07) is 0. The molecule has 2 rings (SSSR count). The van der Waals surface area contributed by atoms with Gasteiger partial charge in [-0.1, -0.05) is 0 Å². The lowest BCUT2D eigenvalue weighted by atomic mass is 10.1. The van der Waals surface area contributed by atoms with E-state index in [2.05, 4.69) is 15.7 Å². The van der Waals surface area contributed by atoms with E-state index in [4.69, 9.17) is 0 Å². The van der Waals surface area contributed by atoms with Gasteiger partial charge >= 0.3 is 0 Å². The van der Waals surface area contributed by atoms with Gasteiger partial charge in [0.25, 0.3) is 0 Å². The lowest BCUT2D eigenvalue weighted by Crippen LogP contribution is -2.24. The number of aryl methyl sites for hydroxylation is 1. The largest absolute Gasteiger partial charge is 0.314 e. The smallest absolute Gasteiger partial charge is 0.0685 e. The molecule has 0 saturated heterocycles. The number of aromatic nitrogens is 2. The van der Waals surface area contributed by atoms with Gasteiger partial charge in [0.15, 0.2) is 0 Å². The third-order valence-corrected chi connectivity index (χ3v) is 2.54. The Morgan fingerprint density at radius 1 is 1.62 bits per heavy atom. The van der Waals surface area contributed by atoms with Gasteiger partial charge < -0.3 is 10.6 Å². The first-order chi connectivity index (χ1) is 6.33. The van der Waals surface area contributed by atoms with Crippen molar-refractivity contribution in [2.75, 3.05) is 13.6 Å². The quantitative estimate of drug-likeness (QED) is 0.661. The maximum Gasteiger partial charge on any atom is 0.0685 e. The van der Waals surface area contributed by atoms with Gasteiger partial charge in [-0.25, -0.2) is 0 Å². The van der Waals surface area contributed by atoms with Crippen LogP contribution in [0.3, 0.4) is 0 Å². The summed E-state index contributed by atoms with van der Waals surface area (Å²) in [4.78, 5) is 0. The fraction of sp³-hybridized carbons (Fsp3) is 0.667. The standard InChI is InChI=1S/C9H16N4/c1-10-6-9-7-5-11-4-3-8(7)12-13(9)2/h10-11H,3-6H2,1-2H3. The first kappa shape index (κ1) is 8.72. The molecule has 0 bridgehead atoms. The molecule has 0 spiro atoms. The molecule has 0 radical (unpaired) electrons. The van der Waals surface area contributed by atoms with Crippen LogP contribution in [-0.2, 0) is 26.6 Å². The SMILES string of the molecule is CNCc1c2c(nn1C)CCNC2. The molecule has 0 aromatic carbocycles. The Hall–Kier alpha value is -0.870. The first-order valence-electron chi connectivity index (χ1n) is 4.72. The molecule has 0 atom stereocenters. The lowest BCUT2D eigenvalue weighted by molar-refractivity contribution is 0.631. The zero-order valence-electron chi connectivity index (χ0n) is 8.22. The highest BCUT2D eigenvalue weighted by molar-refractivity contribution is 5.28. The highest BCUT2D eigenvalue weighted by Crippen LogP contribution is 2.16. The summed E-state index contributed by atoms with van der Waals surface area (Å²) >= 11 is 0. The molecule has 4 heteroatoms. The van der Waals surface area contributed by atoms with Crippen LogP contribution < -0.4 is 10.6 Å². The maximum atomic E-state index is 4.51. The summed E-state index contributed by atoms with van der Waals surface area (Å²) in [6.07, 6.45) is 1.06. The van der Waals surface area contributed by atoms with Gasteiger partial charge in [-0.3, -0.25) is 4.68 Å². The van der Waals surface area contributed by atoms with Crippen LogP contribution >= 0.6 is 0 Å². The Morgan fingerprint density at radius 2 is 2.46 bits per heavy atom. The molecule has 1 aromatic heterocycles. The molecule has 0 saturated carbocycles. The molecule has 0 aliphatic carbocycles. The second-order valence-electron chi connectivity index (χ2n) is 3.45. The van der Waals surface area contributed by atoms with Gasteiger partial charge in [0.2, 0.25) is 0 Å². The zero-order valence-corrected chi connectivity index (χ0v) is 8.22. The Labute approximate surface area is 78.3 Å². The van der Waals surface area contributed by atoms with Gasteiger partial charge in [0, 0.05) is 38.7 Å². The lowest BCUT2D eigenvalue weighted by Gasteiger charge is -2.12. The van der Waals surface area contributed by atoms with Crippen LogP contribution in [0, 0.1) is 0 Å². The molecule has 2 heterocycles. The first-order valence-corrected chi connectivity index (χ1v) is 4.72. The van der Waals surface area contributed by atoms with E-state index >= 15 is 0 Å². The van der Waals surface area contributed by atoms with Gasteiger partial charge in [0.05, 0.1) is 11.4 Å². The molecular weight excluding hydrogens is 164 g/mol.